The van der Waals surface area contributed by atoms with Crippen LogP contribution in [-0.2, 0) is 0 Å². The molecule has 0 spiro atoms. The molecule has 0 N–H and O–H groups in total. The first-order chi connectivity index (χ1) is 11.6. The van der Waals surface area contributed by atoms with Crippen molar-refractivity contribution in [2.45, 2.75) is 70.6 Å². The molecule has 1 saturated carbocycles. The Morgan fingerprint density at radius 2 is 2.04 bits per heavy atom. The summed E-state index contributed by atoms with van der Waals surface area (Å²) in [6.07, 6.45) is 9.02. The third kappa shape index (κ3) is 4.24. The number of hydrogen-bond acceptors (Lipinski definition) is 4. The largest absolute Gasteiger partial charge is 0.473 e. The van der Waals surface area contributed by atoms with E-state index in [4.69, 9.17) is 4.74 Å². The van der Waals surface area contributed by atoms with Crippen LogP contribution in [0.3, 0.4) is 0 Å². The zero-order valence-corrected chi connectivity index (χ0v) is 15.6. The summed E-state index contributed by atoms with van der Waals surface area (Å²) < 4.78 is 5.88. The number of carbonyl (C=O) groups excluding carboxylic acids is 1. The molecule has 1 aromatic rings. The summed E-state index contributed by atoms with van der Waals surface area (Å²) in [7, 11) is 0. The van der Waals surface area contributed by atoms with E-state index in [0.717, 1.165) is 30.8 Å². The summed E-state index contributed by atoms with van der Waals surface area (Å²) in [5.74, 6) is 2.93. The van der Waals surface area contributed by atoms with Crippen molar-refractivity contribution in [3.05, 3.63) is 23.9 Å². The second-order valence-electron chi connectivity index (χ2n) is 7.09. The Kier molecular flexibility index (Phi) is 6.04. The maximum absolute atomic E-state index is 13.0. The lowest BCUT2D eigenvalue weighted by molar-refractivity contribution is 0.0555. The number of pyridine rings is 1. The third-order valence-corrected chi connectivity index (χ3v) is 6.05. The van der Waals surface area contributed by atoms with Gasteiger partial charge in [-0.15, -0.1) is 0 Å². The second kappa shape index (κ2) is 8.24. The molecule has 5 heteroatoms. The maximum Gasteiger partial charge on any atom is 0.255 e. The summed E-state index contributed by atoms with van der Waals surface area (Å²) in [6.45, 7) is 4.21. The normalized spacial score (nSPS) is 21.9. The SMILES string of the molecule is CC(C)N(C(=O)c1ccc(OC2CCSC2)nc1)C1CCCCC1. The van der Waals surface area contributed by atoms with Crippen LogP contribution in [0.2, 0.25) is 0 Å². The number of ether oxygens (including phenoxy) is 1. The molecule has 1 aliphatic carbocycles. The molecule has 1 aromatic heterocycles. The monoisotopic (exact) mass is 348 g/mol. The minimum atomic E-state index is 0.104. The Morgan fingerprint density at radius 3 is 2.62 bits per heavy atom. The van der Waals surface area contributed by atoms with Crippen molar-refractivity contribution in [3.63, 3.8) is 0 Å². The molecular formula is C19H28N2O2S. The van der Waals surface area contributed by atoms with Crippen molar-refractivity contribution >= 4 is 17.7 Å². The van der Waals surface area contributed by atoms with Crippen LogP contribution >= 0.6 is 11.8 Å². The van der Waals surface area contributed by atoms with Crippen LogP contribution in [0, 0.1) is 0 Å². The molecule has 24 heavy (non-hydrogen) atoms. The van der Waals surface area contributed by atoms with Gasteiger partial charge >= 0.3 is 0 Å². The van der Waals surface area contributed by atoms with Gasteiger partial charge in [0.1, 0.15) is 6.10 Å². The van der Waals surface area contributed by atoms with Crippen LogP contribution < -0.4 is 4.74 Å². The van der Waals surface area contributed by atoms with E-state index in [-0.39, 0.29) is 18.1 Å². The molecule has 132 valence electrons. The molecule has 4 nitrogen and oxygen atoms in total. The molecule has 2 heterocycles. The highest BCUT2D eigenvalue weighted by molar-refractivity contribution is 7.99. The average molecular weight is 349 g/mol. The Labute approximate surface area is 149 Å². The minimum Gasteiger partial charge on any atom is -0.473 e. The number of aromatic nitrogens is 1. The summed E-state index contributed by atoms with van der Waals surface area (Å²) >= 11 is 1.92. The molecule has 1 unspecified atom stereocenters. The van der Waals surface area contributed by atoms with Crippen molar-refractivity contribution in [1.82, 2.24) is 9.88 Å². The second-order valence-corrected chi connectivity index (χ2v) is 8.24. The Bertz CT molecular complexity index is 535. The van der Waals surface area contributed by atoms with Crippen LogP contribution in [0.5, 0.6) is 5.88 Å². The van der Waals surface area contributed by atoms with E-state index in [1.54, 1.807) is 6.20 Å². The minimum absolute atomic E-state index is 0.104. The molecule has 1 saturated heterocycles. The maximum atomic E-state index is 13.0. The Hall–Kier alpha value is -1.23. The number of carbonyl (C=O) groups is 1. The molecule has 1 amide bonds. The third-order valence-electron chi connectivity index (χ3n) is 4.92. The van der Waals surface area contributed by atoms with Crippen LogP contribution in [0.1, 0.15) is 62.7 Å². The molecule has 2 fully saturated rings. The summed E-state index contributed by atoms with van der Waals surface area (Å²) in [4.78, 5) is 19.4. The van der Waals surface area contributed by atoms with E-state index in [1.165, 1.54) is 19.3 Å². The number of amides is 1. The average Bonchev–Trinajstić information content (AvgIpc) is 3.09. The number of thioether (sulfide) groups is 1. The molecule has 0 aromatic carbocycles. The lowest BCUT2D eigenvalue weighted by Gasteiger charge is -2.37. The van der Waals surface area contributed by atoms with E-state index >= 15 is 0 Å². The van der Waals surface area contributed by atoms with Crippen molar-refractivity contribution in [3.8, 4) is 5.88 Å². The molecule has 1 atom stereocenters. The number of rotatable bonds is 5. The van der Waals surface area contributed by atoms with E-state index in [9.17, 15) is 4.79 Å². The fourth-order valence-electron chi connectivity index (χ4n) is 3.68. The quantitative estimate of drug-likeness (QED) is 0.802. The highest BCUT2D eigenvalue weighted by atomic mass is 32.2. The predicted octanol–water partition coefficient (Wildman–Crippen LogP) is 4.15. The summed E-state index contributed by atoms with van der Waals surface area (Å²) in [5, 5.41) is 0. The van der Waals surface area contributed by atoms with Gasteiger partial charge in [0.2, 0.25) is 5.88 Å². The molecule has 3 rings (SSSR count). The smallest absolute Gasteiger partial charge is 0.255 e. The van der Waals surface area contributed by atoms with Crippen molar-refractivity contribution in [2.24, 2.45) is 0 Å². The van der Waals surface area contributed by atoms with Gasteiger partial charge in [-0.25, -0.2) is 4.98 Å². The van der Waals surface area contributed by atoms with E-state index in [1.807, 2.05) is 23.9 Å². The van der Waals surface area contributed by atoms with E-state index in [2.05, 4.69) is 23.7 Å². The van der Waals surface area contributed by atoms with Gasteiger partial charge in [-0.3, -0.25) is 4.79 Å². The van der Waals surface area contributed by atoms with Crippen LogP contribution in [0.4, 0.5) is 0 Å². The number of nitrogens with zero attached hydrogens (tertiary/aromatic N) is 2. The predicted molar refractivity (Wildman–Crippen MR) is 98.8 cm³/mol. The topological polar surface area (TPSA) is 42.4 Å². The Morgan fingerprint density at radius 1 is 1.25 bits per heavy atom. The fraction of sp³-hybridized carbons (Fsp3) is 0.684. The highest BCUT2D eigenvalue weighted by Crippen LogP contribution is 2.26. The first-order valence-corrected chi connectivity index (χ1v) is 10.3. The van der Waals surface area contributed by atoms with Gasteiger partial charge in [-0.1, -0.05) is 19.3 Å². The van der Waals surface area contributed by atoms with Gasteiger partial charge in [0.05, 0.1) is 5.56 Å². The van der Waals surface area contributed by atoms with Gasteiger partial charge in [0.25, 0.3) is 5.91 Å². The van der Waals surface area contributed by atoms with Gasteiger partial charge in [0.15, 0.2) is 0 Å². The zero-order valence-electron chi connectivity index (χ0n) is 14.7. The first kappa shape index (κ1) is 17.6. The first-order valence-electron chi connectivity index (χ1n) is 9.18. The van der Waals surface area contributed by atoms with E-state index < -0.39 is 0 Å². The van der Waals surface area contributed by atoms with Crippen molar-refractivity contribution in [2.75, 3.05) is 11.5 Å². The lowest BCUT2D eigenvalue weighted by atomic mass is 9.93. The zero-order chi connectivity index (χ0) is 16.9. The molecule has 0 bridgehead atoms. The molecule has 2 aliphatic rings. The van der Waals surface area contributed by atoms with Gasteiger partial charge in [-0.2, -0.15) is 11.8 Å². The summed E-state index contributed by atoms with van der Waals surface area (Å²) in [6, 6.07) is 4.30. The van der Waals surface area contributed by atoms with Gasteiger partial charge in [0, 0.05) is 30.1 Å². The lowest BCUT2D eigenvalue weighted by Crippen LogP contribution is -2.45. The molecular weight excluding hydrogens is 320 g/mol. The van der Waals surface area contributed by atoms with Gasteiger partial charge < -0.3 is 9.64 Å². The van der Waals surface area contributed by atoms with Crippen LogP contribution in [-0.4, -0.2) is 45.5 Å². The van der Waals surface area contributed by atoms with Crippen molar-refractivity contribution < 1.29 is 9.53 Å². The molecule has 0 radical (unpaired) electrons. The standard InChI is InChI=1S/C19H28N2O2S/c1-14(2)21(16-6-4-3-5-7-16)19(22)15-8-9-18(20-12-15)23-17-10-11-24-13-17/h8-9,12,14,16-17H,3-7,10-11,13H2,1-2H3. The Balaban J connectivity index is 1.67. The highest BCUT2D eigenvalue weighted by Gasteiger charge is 2.28. The van der Waals surface area contributed by atoms with Crippen LogP contribution in [0.15, 0.2) is 18.3 Å². The van der Waals surface area contributed by atoms with Gasteiger partial charge in [-0.05, 0) is 44.9 Å². The summed E-state index contributed by atoms with van der Waals surface area (Å²) in [5.41, 5.74) is 0.669. The van der Waals surface area contributed by atoms with Crippen LogP contribution in [0.25, 0.3) is 0 Å². The fourth-order valence-corrected chi connectivity index (χ4v) is 4.78. The molecule has 1 aliphatic heterocycles. The van der Waals surface area contributed by atoms with Crippen molar-refractivity contribution in [1.29, 1.82) is 0 Å². The van der Waals surface area contributed by atoms with E-state index in [0.29, 0.717) is 17.5 Å². The number of hydrogen-bond donors (Lipinski definition) is 0.